The average Bonchev–Trinajstić information content (AvgIpc) is 2.59. The van der Waals surface area contributed by atoms with Gasteiger partial charge in [0.05, 0.1) is 7.11 Å². The maximum Gasteiger partial charge on any atom is 0.418 e. The number of aromatic nitrogens is 1. The Morgan fingerprint density at radius 1 is 1.23 bits per heavy atom. The number of amides is 2. The highest BCUT2D eigenvalue weighted by molar-refractivity contribution is 6.04. The summed E-state index contributed by atoms with van der Waals surface area (Å²) in [7, 11) is 1.21. The van der Waals surface area contributed by atoms with Crippen LogP contribution in [0.25, 0.3) is 0 Å². The number of nitrogens with two attached hydrogens (primary N) is 1. The van der Waals surface area contributed by atoms with Gasteiger partial charge in [0.2, 0.25) is 0 Å². The molecule has 2 amide bonds. The van der Waals surface area contributed by atoms with Crippen LogP contribution in [0.1, 0.15) is 50.5 Å². The number of pyridine rings is 1. The van der Waals surface area contributed by atoms with Crippen LogP contribution in [0.3, 0.4) is 0 Å². The number of hydrogen-bond acceptors (Lipinski definition) is 7. The van der Waals surface area contributed by atoms with Gasteiger partial charge in [0.25, 0.3) is 5.91 Å². The van der Waals surface area contributed by atoms with Crippen LogP contribution < -0.4 is 5.73 Å². The summed E-state index contributed by atoms with van der Waals surface area (Å²) < 4.78 is 10.1. The lowest BCUT2D eigenvalue weighted by atomic mass is 10.1. The van der Waals surface area contributed by atoms with Gasteiger partial charge in [-0.05, 0) is 58.7 Å². The van der Waals surface area contributed by atoms with Crippen molar-refractivity contribution in [2.45, 2.75) is 51.7 Å². The highest BCUT2D eigenvalue weighted by Crippen LogP contribution is 2.19. The molecule has 1 aromatic heterocycles. The molecule has 0 unspecified atom stereocenters. The molecule has 1 atom stereocenters. The van der Waals surface area contributed by atoms with Crippen molar-refractivity contribution < 1.29 is 23.9 Å². The molecule has 8 nitrogen and oxygen atoms in total. The number of carbonyl (C=O) groups excluding carboxylic acids is 3. The van der Waals surface area contributed by atoms with E-state index in [4.69, 9.17) is 15.2 Å². The van der Waals surface area contributed by atoms with Crippen molar-refractivity contribution in [1.29, 1.82) is 0 Å². The minimum absolute atomic E-state index is 0.0334. The topological polar surface area (TPSA) is 112 Å². The number of unbranched alkanes of at least 4 members (excludes halogenated alkanes) is 1. The van der Waals surface area contributed by atoms with Crippen molar-refractivity contribution in [1.82, 2.24) is 9.88 Å². The van der Waals surface area contributed by atoms with E-state index in [2.05, 4.69) is 4.98 Å². The predicted octanol–water partition coefficient (Wildman–Crippen LogP) is 2.13. The standard InChI is InChI=1S/C18H27N3O5/c1-18(2,3)26-17(24)21(15(22)13-9-6-8-12-20-13)14(16(23)25-4)10-5-7-11-19/h6,8-9,12,14H,5,7,10-11,19H2,1-4H3/t14-/m0/s1. The zero-order chi connectivity index (χ0) is 19.7. The summed E-state index contributed by atoms with van der Waals surface area (Å²) in [6, 6.07) is 3.62. The summed E-state index contributed by atoms with van der Waals surface area (Å²) in [4.78, 5) is 42.6. The number of esters is 1. The van der Waals surface area contributed by atoms with E-state index in [1.807, 2.05) is 0 Å². The van der Waals surface area contributed by atoms with Gasteiger partial charge in [-0.3, -0.25) is 9.78 Å². The van der Waals surface area contributed by atoms with Crippen LogP contribution in [-0.4, -0.2) is 53.2 Å². The minimum Gasteiger partial charge on any atom is -0.467 e. The third kappa shape index (κ3) is 6.44. The second kappa shape index (κ2) is 9.86. The number of nitrogens with zero attached hydrogens (tertiary/aromatic N) is 2. The van der Waals surface area contributed by atoms with E-state index in [0.29, 0.717) is 19.4 Å². The van der Waals surface area contributed by atoms with Crippen molar-refractivity contribution in [2.24, 2.45) is 5.73 Å². The minimum atomic E-state index is -1.11. The lowest BCUT2D eigenvalue weighted by molar-refractivity contribution is -0.146. The molecular weight excluding hydrogens is 338 g/mol. The largest absolute Gasteiger partial charge is 0.467 e. The number of ether oxygens (including phenoxy) is 2. The Bertz CT molecular complexity index is 613. The fraction of sp³-hybridized carbons (Fsp3) is 0.556. The fourth-order valence-electron chi connectivity index (χ4n) is 2.25. The summed E-state index contributed by atoms with van der Waals surface area (Å²) in [5, 5.41) is 0. The summed E-state index contributed by atoms with van der Waals surface area (Å²) in [5.74, 6) is -1.42. The number of methoxy groups -OCH3 is 1. The molecule has 144 valence electrons. The van der Waals surface area contributed by atoms with Crippen LogP contribution in [0.4, 0.5) is 4.79 Å². The zero-order valence-electron chi connectivity index (χ0n) is 15.7. The molecule has 0 aromatic carbocycles. The van der Waals surface area contributed by atoms with E-state index in [1.54, 1.807) is 32.9 Å². The number of carbonyl (C=O) groups is 3. The Labute approximate surface area is 153 Å². The van der Waals surface area contributed by atoms with E-state index < -0.39 is 29.6 Å². The van der Waals surface area contributed by atoms with Crippen molar-refractivity contribution in [3.8, 4) is 0 Å². The quantitative estimate of drug-likeness (QED) is 0.582. The second-order valence-electron chi connectivity index (χ2n) is 6.69. The highest BCUT2D eigenvalue weighted by Gasteiger charge is 2.38. The van der Waals surface area contributed by atoms with E-state index in [1.165, 1.54) is 19.4 Å². The summed E-state index contributed by atoms with van der Waals surface area (Å²) in [6.45, 7) is 5.47. The Kier molecular flexibility index (Phi) is 8.18. The Morgan fingerprint density at radius 2 is 1.92 bits per heavy atom. The molecule has 1 rings (SSSR count). The van der Waals surface area contributed by atoms with Crippen LogP contribution in [-0.2, 0) is 14.3 Å². The first kappa shape index (κ1) is 21.6. The molecular formula is C18H27N3O5. The second-order valence-corrected chi connectivity index (χ2v) is 6.69. The molecule has 0 radical (unpaired) electrons. The summed E-state index contributed by atoms with van der Waals surface area (Å²) in [5.41, 5.74) is 4.69. The number of hydrogen-bond donors (Lipinski definition) is 1. The van der Waals surface area contributed by atoms with Crippen molar-refractivity contribution in [3.63, 3.8) is 0 Å². The highest BCUT2D eigenvalue weighted by atomic mass is 16.6. The third-order valence-electron chi connectivity index (χ3n) is 3.41. The molecule has 0 aliphatic carbocycles. The molecule has 2 N–H and O–H groups in total. The molecule has 26 heavy (non-hydrogen) atoms. The molecule has 8 heteroatoms. The van der Waals surface area contributed by atoms with Gasteiger partial charge in [-0.1, -0.05) is 6.07 Å². The van der Waals surface area contributed by atoms with Gasteiger partial charge in [-0.2, -0.15) is 0 Å². The maximum atomic E-state index is 12.9. The maximum absolute atomic E-state index is 12.9. The molecule has 0 aliphatic rings. The van der Waals surface area contributed by atoms with Gasteiger partial charge >= 0.3 is 12.1 Å². The number of imide groups is 1. The van der Waals surface area contributed by atoms with E-state index in [9.17, 15) is 14.4 Å². The average molecular weight is 365 g/mol. The van der Waals surface area contributed by atoms with Crippen LogP contribution in [0.15, 0.2) is 24.4 Å². The fourth-order valence-corrected chi connectivity index (χ4v) is 2.25. The molecule has 0 spiro atoms. The molecule has 0 saturated heterocycles. The van der Waals surface area contributed by atoms with Crippen LogP contribution in [0.2, 0.25) is 0 Å². The normalized spacial score (nSPS) is 12.2. The monoisotopic (exact) mass is 365 g/mol. The van der Waals surface area contributed by atoms with Crippen LogP contribution in [0, 0.1) is 0 Å². The Morgan fingerprint density at radius 3 is 2.42 bits per heavy atom. The smallest absolute Gasteiger partial charge is 0.418 e. The number of rotatable bonds is 7. The van der Waals surface area contributed by atoms with Gasteiger partial charge in [-0.15, -0.1) is 0 Å². The molecule has 0 fully saturated rings. The molecule has 0 bridgehead atoms. The first-order valence-electron chi connectivity index (χ1n) is 8.46. The van der Waals surface area contributed by atoms with E-state index in [-0.39, 0.29) is 12.1 Å². The molecule has 1 heterocycles. The van der Waals surface area contributed by atoms with Crippen LogP contribution >= 0.6 is 0 Å². The van der Waals surface area contributed by atoms with E-state index >= 15 is 0 Å². The van der Waals surface area contributed by atoms with Gasteiger partial charge in [0.15, 0.2) is 0 Å². The lowest BCUT2D eigenvalue weighted by Crippen LogP contribution is -2.51. The van der Waals surface area contributed by atoms with Gasteiger partial charge < -0.3 is 15.2 Å². The van der Waals surface area contributed by atoms with E-state index in [0.717, 1.165) is 4.90 Å². The SMILES string of the molecule is COC(=O)[C@H](CCCCN)N(C(=O)OC(C)(C)C)C(=O)c1ccccn1. The molecule has 1 aromatic rings. The van der Waals surface area contributed by atoms with Crippen molar-refractivity contribution in [3.05, 3.63) is 30.1 Å². The van der Waals surface area contributed by atoms with Gasteiger partial charge in [0, 0.05) is 6.20 Å². The summed E-state index contributed by atoms with van der Waals surface area (Å²) >= 11 is 0. The Hall–Kier alpha value is -2.48. The first-order valence-corrected chi connectivity index (χ1v) is 8.46. The lowest BCUT2D eigenvalue weighted by Gasteiger charge is -2.30. The Balaban J connectivity index is 3.23. The molecule has 0 saturated carbocycles. The van der Waals surface area contributed by atoms with Crippen molar-refractivity contribution >= 4 is 18.0 Å². The third-order valence-corrected chi connectivity index (χ3v) is 3.41. The summed E-state index contributed by atoms with van der Waals surface area (Å²) in [6.07, 6.45) is 1.93. The zero-order valence-corrected chi connectivity index (χ0v) is 15.7. The van der Waals surface area contributed by atoms with Crippen molar-refractivity contribution in [2.75, 3.05) is 13.7 Å². The van der Waals surface area contributed by atoms with Gasteiger partial charge in [0.1, 0.15) is 17.3 Å². The first-order chi connectivity index (χ1) is 12.2. The predicted molar refractivity (Wildman–Crippen MR) is 95.3 cm³/mol. The van der Waals surface area contributed by atoms with Gasteiger partial charge in [-0.25, -0.2) is 14.5 Å². The van der Waals surface area contributed by atoms with Crippen LogP contribution in [0.5, 0.6) is 0 Å². The molecule has 0 aliphatic heterocycles.